The molecule has 2 amide bonds. The van der Waals surface area contributed by atoms with Crippen LogP contribution in [0.15, 0.2) is 36.9 Å². The number of methoxy groups -OCH3 is 1. The topological polar surface area (TPSA) is 76.7 Å². The lowest BCUT2D eigenvalue weighted by Crippen LogP contribution is -2.36. The summed E-state index contributed by atoms with van der Waals surface area (Å²) < 4.78 is 10.2. The highest BCUT2D eigenvalue weighted by Gasteiger charge is 2.12. The molecule has 1 aromatic carbocycles. The van der Waals surface area contributed by atoms with Gasteiger partial charge in [0, 0.05) is 25.9 Å². The molecule has 0 aliphatic heterocycles. The first-order valence-corrected chi connectivity index (χ1v) is 6.59. The number of benzene rings is 1. The van der Waals surface area contributed by atoms with E-state index in [4.69, 9.17) is 9.47 Å². The van der Waals surface area contributed by atoms with Crippen molar-refractivity contribution < 1.29 is 19.1 Å². The van der Waals surface area contributed by atoms with Gasteiger partial charge in [0.25, 0.3) is 0 Å². The number of rotatable bonds is 8. The van der Waals surface area contributed by atoms with Gasteiger partial charge in [-0.25, -0.2) is 0 Å². The largest absolute Gasteiger partial charge is 0.490 e. The summed E-state index contributed by atoms with van der Waals surface area (Å²) in [5, 5.41) is 5.02. The molecule has 114 valence electrons. The Bertz CT molecular complexity index is 471. The van der Waals surface area contributed by atoms with Gasteiger partial charge < -0.3 is 20.1 Å². The molecule has 1 rings (SSSR count). The number of hydrogen-bond donors (Lipinski definition) is 2. The SMILES string of the molecule is C=CCOc1ccc(NC(=O)C(=O)NCCCOC)cc1. The average molecular weight is 292 g/mol. The lowest BCUT2D eigenvalue weighted by atomic mass is 10.3. The molecule has 0 aliphatic carbocycles. The maximum Gasteiger partial charge on any atom is 0.313 e. The minimum absolute atomic E-state index is 0.397. The van der Waals surface area contributed by atoms with Crippen molar-refractivity contribution in [2.24, 2.45) is 0 Å². The van der Waals surface area contributed by atoms with E-state index in [1.54, 1.807) is 37.5 Å². The molecule has 0 spiro atoms. The highest BCUT2D eigenvalue weighted by atomic mass is 16.5. The first-order chi connectivity index (χ1) is 10.2. The predicted octanol–water partition coefficient (Wildman–Crippen LogP) is 1.34. The molecule has 0 bridgehead atoms. The average Bonchev–Trinajstić information content (AvgIpc) is 2.50. The summed E-state index contributed by atoms with van der Waals surface area (Å²) in [5.74, 6) is -0.706. The van der Waals surface area contributed by atoms with E-state index in [1.807, 2.05) is 0 Å². The second-order valence-electron chi connectivity index (χ2n) is 4.18. The van der Waals surface area contributed by atoms with Gasteiger partial charge in [-0.3, -0.25) is 9.59 Å². The van der Waals surface area contributed by atoms with Gasteiger partial charge in [0.2, 0.25) is 0 Å². The van der Waals surface area contributed by atoms with Gasteiger partial charge in [-0.1, -0.05) is 12.7 Å². The highest BCUT2D eigenvalue weighted by Crippen LogP contribution is 2.15. The minimum Gasteiger partial charge on any atom is -0.490 e. The van der Waals surface area contributed by atoms with Crippen molar-refractivity contribution in [1.29, 1.82) is 0 Å². The normalized spacial score (nSPS) is 9.76. The molecular formula is C15H20N2O4. The van der Waals surface area contributed by atoms with Crippen molar-refractivity contribution in [2.45, 2.75) is 6.42 Å². The highest BCUT2D eigenvalue weighted by molar-refractivity contribution is 6.39. The maximum absolute atomic E-state index is 11.6. The van der Waals surface area contributed by atoms with E-state index in [0.29, 0.717) is 37.6 Å². The summed E-state index contributed by atoms with van der Waals surface area (Å²) in [6.07, 6.45) is 2.30. The lowest BCUT2D eigenvalue weighted by Gasteiger charge is -2.07. The molecule has 1 aromatic rings. The molecule has 0 heterocycles. The standard InChI is InChI=1S/C15H20N2O4/c1-3-10-21-13-7-5-12(6-8-13)17-15(19)14(18)16-9-4-11-20-2/h3,5-8H,1,4,9-11H2,2H3,(H,16,18)(H,17,19). The van der Waals surface area contributed by atoms with E-state index >= 15 is 0 Å². The summed E-state index contributed by atoms with van der Waals surface area (Å²) >= 11 is 0. The van der Waals surface area contributed by atoms with Gasteiger partial charge in [-0.05, 0) is 30.7 Å². The van der Waals surface area contributed by atoms with Crippen LogP contribution in [0.3, 0.4) is 0 Å². The van der Waals surface area contributed by atoms with Gasteiger partial charge in [-0.15, -0.1) is 0 Å². The third kappa shape index (κ3) is 6.58. The molecule has 0 fully saturated rings. The fourth-order valence-electron chi connectivity index (χ4n) is 1.48. The molecule has 2 N–H and O–H groups in total. The van der Waals surface area contributed by atoms with Gasteiger partial charge in [0.05, 0.1) is 0 Å². The number of carbonyl (C=O) groups excluding carboxylic acids is 2. The maximum atomic E-state index is 11.6. The number of nitrogens with one attached hydrogen (secondary N) is 2. The van der Waals surface area contributed by atoms with Gasteiger partial charge in [0.15, 0.2) is 0 Å². The van der Waals surface area contributed by atoms with E-state index in [1.165, 1.54) is 0 Å². The molecule has 0 aliphatic rings. The van der Waals surface area contributed by atoms with E-state index < -0.39 is 11.8 Å². The van der Waals surface area contributed by atoms with Crippen LogP contribution >= 0.6 is 0 Å². The Labute approximate surface area is 124 Å². The van der Waals surface area contributed by atoms with Gasteiger partial charge in [-0.2, -0.15) is 0 Å². The quantitative estimate of drug-likeness (QED) is 0.431. The van der Waals surface area contributed by atoms with Crippen molar-refractivity contribution in [3.8, 4) is 5.75 Å². The minimum atomic E-state index is -0.702. The molecule has 0 atom stereocenters. The first-order valence-electron chi connectivity index (χ1n) is 6.59. The number of hydrogen-bond acceptors (Lipinski definition) is 4. The number of anilines is 1. The molecule has 0 unspecified atom stereocenters. The smallest absolute Gasteiger partial charge is 0.313 e. The monoisotopic (exact) mass is 292 g/mol. The Morgan fingerprint density at radius 3 is 2.57 bits per heavy atom. The van der Waals surface area contributed by atoms with Crippen molar-refractivity contribution in [3.63, 3.8) is 0 Å². The van der Waals surface area contributed by atoms with Gasteiger partial charge in [0.1, 0.15) is 12.4 Å². The van der Waals surface area contributed by atoms with Crippen LogP contribution in [0, 0.1) is 0 Å². The molecular weight excluding hydrogens is 272 g/mol. The van der Waals surface area contributed by atoms with Gasteiger partial charge >= 0.3 is 11.8 Å². The summed E-state index contributed by atoms with van der Waals surface area (Å²) in [4.78, 5) is 23.2. The van der Waals surface area contributed by atoms with Crippen LogP contribution in [0.5, 0.6) is 5.75 Å². The Balaban J connectivity index is 2.39. The van der Waals surface area contributed by atoms with Crippen LogP contribution in [0.4, 0.5) is 5.69 Å². The molecule has 0 aromatic heterocycles. The summed E-state index contributed by atoms with van der Waals surface area (Å²) in [6.45, 7) is 4.90. The number of amides is 2. The Hall–Kier alpha value is -2.34. The van der Waals surface area contributed by atoms with E-state index in [2.05, 4.69) is 17.2 Å². The zero-order valence-electron chi connectivity index (χ0n) is 12.1. The number of ether oxygens (including phenoxy) is 2. The van der Waals surface area contributed by atoms with Crippen molar-refractivity contribution >= 4 is 17.5 Å². The van der Waals surface area contributed by atoms with E-state index in [9.17, 15) is 9.59 Å². The van der Waals surface area contributed by atoms with E-state index in [0.717, 1.165) is 0 Å². The van der Waals surface area contributed by atoms with Crippen LogP contribution in [-0.4, -0.2) is 38.7 Å². The second-order valence-corrected chi connectivity index (χ2v) is 4.18. The summed E-state index contributed by atoms with van der Waals surface area (Å²) in [5.41, 5.74) is 0.526. The molecule has 6 nitrogen and oxygen atoms in total. The Morgan fingerprint density at radius 2 is 1.95 bits per heavy atom. The molecule has 21 heavy (non-hydrogen) atoms. The zero-order valence-corrected chi connectivity index (χ0v) is 12.1. The van der Waals surface area contributed by atoms with Crippen LogP contribution in [0.1, 0.15) is 6.42 Å². The Kier molecular flexibility index (Phi) is 7.60. The summed E-state index contributed by atoms with van der Waals surface area (Å²) in [7, 11) is 1.58. The number of carbonyl (C=O) groups is 2. The molecule has 0 radical (unpaired) electrons. The molecule has 6 heteroatoms. The van der Waals surface area contributed by atoms with Crippen molar-refractivity contribution in [3.05, 3.63) is 36.9 Å². The van der Waals surface area contributed by atoms with Crippen molar-refractivity contribution in [1.82, 2.24) is 5.32 Å². The van der Waals surface area contributed by atoms with Crippen LogP contribution in [0.2, 0.25) is 0 Å². The molecule has 0 saturated heterocycles. The fourth-order valence-corrected chi connectivity index (χ4v) is 1.48. The van der Waals surface area contributed by atoms with Crippen molar-refractivity contribution in [2.75, 3.05) is 32.2 Å². The van der Waals surface area contributed by atoms with E-state index in [-0.39, 0.29) is 0 Å². The third-order valence-corrected chi connectivity index (χ3v) is 2.50. The third-order valence-electron chi connectivity index (χ3n) is 2.50. The van der Waals surface area contributed by atoms with Crippen LogP contribution < -0.4 is 15.4 Å². The Morgan fingerprint density at radius 1 is 1.24 bits per heavy atom. The first kappa shape index (κ1) is 16.7. The fraction of sp³-hybridized carbons (Fsp3) is 0.333. The zero-order chi connectivity index (χ0) is 15.5. The van der Waals surface area contributed by atoms with Crippen LogP contribution in [0.25, 0.3) is 0 Å². The summed E-state index contributed by atoms with van der Waals surface area (Å²) in [6, 6.07) is 6.73. The molecule has 0 saturated carbocycles. The predicted molar refractivity (Wildman–Crippen MR) is 80.3 cm³/mol. The lowest BCUT2D eigenvalue weighted by molar-refractivity contribution is -0.136. The van der Waals surface area contributed by atoms with Crippen LogP contribution in [-0.2, 0) is 14.3 Å². The second kappa shape index (κ2) is 9.55.